The minimum absolute atomic E-state index is 0.162. The molecule has 0 unspecified atom stereocenters. The Morgan fingerprint density at radius 3 is 2.31 bits per heavy atom. The molecular formula is C28H29Cl3N2O3. The molecule has 1 N–H and O–H groups in total. The van der Waals surface area contributed by atoms with Crippen LogP contribution in [0.5, 0.6) is 5.75 Å². The Balaban J connectivity index is 1.91. The Morgan fingerprint density at radius 1 is 0.917 bits per heavy atom. The Kier molecular flexibility index (Phi) is 10.5. The molecule has 0 spiro atoms. The monoisotopic (exact) mass is 546 g/mol. The van der Waals surface area contributed by atoms with Crippen LogP contribution >= 0.6 is 34.8 Å². The SMILES string of the molecule is CCCNC(=O)[C@@H](Cc1ccccc1)N(Cc1ccc(Cl)c(Cl)c1)C(=O)COc1ccc(Cl)c(C)c1. The second-order valence-corrected chi connectivity index (χ2v) is 9.69. The minimum Gasteiger partial charge on any atom is -0.484 e. The first-order valence-electron chi connectivity index (χ1n) is 11.7. The van der Waals surface area contributed by atoms with Gasteiger partial charge in [-0.05, 0) is 60.4 Å². The molecule has 5 nitrogen and oxygen atoms in total. The molecule has 190 valence electrons. The highest BCUT2D eigenvalue weighted by atomic mass is 35.5. The second-order valence-electron chi connectivity index (χ2n) is 8.47. The van der Waals surface area contributed by atoms with Gasteiger partial charge in [0.1, 0.15) is 11.8 Å². The zero-order valence-corrected chi connectivity index (χ0v) is 22.5. The maximum absolute atomic E-state index is 13.6. The molecule has 0 aliphatic rings. The van der Waals surface area contributed by atoms with Gasteiger partial charge in [-0.2, -0.15) is 0 Å². The van der Waals surface area contributed by atoms with Crippen molar-refractivity contribution < 1.29 is 14.3 Å². The molecule has 0 heterocycles. The van der Waals surface area contributed by atoms with Crippen molar-refractivity contribution in [2.24, 2.45) is 0 Å². The summed E-state index contributed by atoms with van der Waals surface area (Å²) in [6.07, 6.45) is 1.13. The first-order valence-corrected chi connectivity index (χ1v) is 12.9. The fourth-order valence-corrected chi connectivity index (χ4v) is 4.13. The molecule has 0 bridgehead atoms. The minimum atomic E-state index is -0.753. The average molecular weight is 548 g/mol. The molecule has 1 atom stereocenters. The third kappa shape index (κ3) is 7.89. The summed E-state index contributed by atoms with van der Waals surface area (Å²) in [5.74, 6) is -0.0347. The lowest BCUT2D eigenvalue weighted by Gasteiger charge is -2.31. The fourth-order valence-electron chi connectivity index (χ4n) is 3.69. The lowest BCUT2D eigenvalue weighted by atomic mass is 10.0. The average Bonchev–Trinajstić information content (AvgIpc) is 2.87. The third-order valence-electron chi connectivity index (χ3n) is 5.65. The zero-order chi connectivity index (χ0) is 26.1. The molecule has 3 aromatic rings. The van der Waals surface area contributed by atoms with Crippen molar-refractivity contribution in [3.05, 3.63) is 98.5 Å². The van der Waals surface area contributed by atoms with Gasteiger partial charge in [0.2, 0.25) is 5.91 Å². The summed E-state index contributed by atoms with van der Waals surface area (Å²) in [4.78, 5) is 28.4. The summed E-state index contributed by atoms with van der Waals surface area (Å²) < 4.78 is 5.80. The van der Waals surface area contributed by atoms with E-state index in [1.165, 1.54) is 0 Å². The number of rotatable bonds is 11. The number of hydrogen-bond donors (Lipinski definition) is 1. The molecule has 2 amide bonds. The first-order chi connectivity index (χ1) is 17.3. The summed E-state index contributed by atoms with van der Waals surface area (Å²) in [6.45, 7) is 4.28. The van der Waals surface area contributed by atoms with Gasteiger partial charge < -0.3 is 15.0 Å². The molecule has 3 aromatic carbocycles. The van der Waals surface area contributed by atoms with Crippen molar-refractivity contribution in [3.63, 3.8) is 0 Å². The summed E-state index contributed by atoms with van der Waals surface area (Å²) in [5.41, 5.74) is 2.53. The second kappa shape index (κ2) is 13.5. The molecule has 3 rings (SSSR count). The molecule has 0 aliphatic carbocycles. The van der Waals surface area contributed by atoms with Crippen LogP contribution in [0, 0.1) is 6.92 Å². The van der Waals surface area contributed by atoms with E-state index in [-0.39, 0.29) is 25.0 Å². The topological polar surface area (TPSA) is 58.6 Å². The number of carbonyl (C=O) groups is 2. The lowest BCUT2D eigenvalue weighted by Crippen LogP contribution is -2.51. The number of halogens is 3. The number of carbonyl (C=O) groups excluding carboxylic acids is 2. The van der Waals surface area contributed by atoms with Crippen molar-refractivity contribution in [1.29, 1.82) is 0 Å². The smallest absolute Gasteiger partial charge is 0.261 e. The van der Waals surface area contributed by atoms with Crippen LogP contribution in [0.4, 0.5) is 0 Å². The maximum Gasteiger partial charge on any atom is 0.261 e. The summed E-state index contributed by atoms with van der Waals surface area (Å²) in [7, 11) is 0. The van der Waals surface area contributed by atoms with Crippen LogP contribution < -0.4 is 10.1 Å². The quantitative estimate of drug-likeness (QED) is 0.298. The Bertz CT molecular complexity index is 1190. The van der Waals surface area contributed by atoms with Crippen LogP contribution in [0.2, 0.25) is 15.1 Å². The number of hydrogen-bond acceptors (Lipinski definition) is 3. The van der Waals surface area contributed by atoms with E-state index >= 15 is 0 Å². The predicted octanol–water partition coefficient (Wildman–Crippen LogP) is 6.50. The van der Waals surface area contributed by atoms with Crippen LogP contribution in [0.15, 0.2) is 66.7 Å². The van der Waals surface area contributed by atoms with Gasteiger partial charge in [-0.25, -0.2) is 0 Å². The standard InChI is InChI=1S/C28H29Cl3N2O3/c1-3-13-32-28(35)26(16-20-7-5-4-6-8-20)33(17-21-9-11-24(30)25(31)15-21)27(34)18-36-22-10-12-23(29)19(2)14-22/h4-12,14-15,26H,3,13,16-18H2,1-2H3,(H,32,35)/t26-/m1/s1. The number of aryl methyl sites for hydroxylation is 1. The maximum atomic E-state index is 13.6. The molecule has 0 aromatic heterocycles. The number of ether oxygens (including phenoxy) is 1. The molecular weight excluding hydrogens is 519 g/mol. The van der Waals surface area contributed by atoms with Gasteiger partial charge >= 0.3 is 0 Å². The number of nitrogens with zero attached hydrogens (tertiary/aromatic N) is 1. The predicted molar refractivity (Wildman–Crippen MR) is 146 cm³/mol. The molecule has 0 saturated carbocycles. The summed E-state index contributed by atoms with van der Waals surface area (Å²) in [6, 6.07) is 19.2. The Labute approximate surface area is 227 Å². The fraction of sp³-hybridized carbons (Fsp3) is 0.286. The van der Waals surface area contributed by atoms with Gasteiger partial charge in [0.15, 0.2) is 6.61 Å². The van der Waals surface area contributed by atoms with E-state index in [2.05, 4.69) is 5.32 Å². The van der Waals surface area contributed by atoms with Crippen LogP contribution in [-0.2, 0) is 22.6 Å². The van der Waals surface area contributed by atoms with Crippen molar-refractivity contribution in [2.75, 3.05) is 13.2 Å². The molecule has 0 fully saturated rings. The van der Waals surface area contributed by atoms with Crippen molar-refractivity contribution in [3.8, 4) is 5.75 Å². The highest BCUT2D eigenvalue weighted by molar-refractivity contribution is 6.42. The highest BCUT2D eigenvalue weighted by Crippen LogP contribution is 2.25. The van der Waals surface area contributed by atoms with E-state index in [9.17, 15) is 9.59 Å². The largest absolute Gasteiger partial charge is 0.484 e. The molecule has 0 saturated heterocycles. The molecule has 8 heteroatoms. The zero-order valence-electron chi connectivity index (χ0n) is 20.3. The van der Waals surface area contributed by atoms with E-state index in [1.54, 1.807) is 41.3 Å². The van der Waals surface area contributed by atoms with Crippen molar-refractivity contribution >= 4 is 46.6 Å². The van der Waals surface area contributed by atoms with Crippen molar-refractivity contribution in [2.45, 2.75) is 39.3 Å². The highest BCUT2D eigenvalue weighted by Gasteiger charge is 2.30. The van der Waals surface area contributed by atoms with E-state index in [4.69, 9.17) is 39.5 Å². The lowest BCUT2D eigenvalue weighted by molar-refractivity contribution is -0.142. The Morgan fingerprint density at radius 2 is 1.64 bits per heavy atom. The summed E-state index contributed by atoms with van der Waals surface area (Å²) >= 11 is 18.4. The first kappa shape index (κ1) is 27.9. The number of amides is 2. The molecule has 36 heavy (non-hydrogen) atoms. The van der Waals surface area contributed by atoms with E-state index in [0.29, 0.717) is 33.8 Å². The van der Waals surface area contributed by atoms with Crippen LogP contribution in [0.1, 0.15) is 30.0 Å². The van der Waals surface area contributed by atoms with Gasteiger partial charge in [-0.3, -0.25) is 9.59 Å². The van der Waals surface area contributed by atoms with Gasteiger partial charge in [0, 0.05) is 24.5 Å². The van der Waals surface area contributed by atoms with E-state index in [1.807, 2.05) is 44.2 Å². The number of benzene rings is 3. The third-order valence-corrected chi connectivity index (χ3v) is 6.81. The van der Waals surface area contributed by atoms with Gasteiger partial charge in [-0.1, -0.05) is 78.1 Å². The molecule has 0 aliphatic heterocycles. The molecule has 0 radical (unpaired) electrons. The van der Waals surface area contributed by atoms with E-state index in [0.717, 1.165) is 23.1 Å². The van der Waals surface area contributed by atoms with Crippen LogP contribution in [-0.4, -0.2) is 35.9 Å². The summed E-state index contributed by atoms with van der Waals surface area (Å²) in [5, 5.41) is 4.36. The van der Waals surface area contributed by atoms with E-state index < -0.39 is 6.04 Å². The van der Waals surface area contributed by atoms with Gasteiger partial charge in [-0.15, -0.1) is 0 Å². The van der Waals surface area contributed by atoms with Gasteiger partial charge in [0.25, 0.3) is 5.91 Å². The Hall–Kier alpha value is -2.73. The van der Waals surface area contributed by atoms with Gasteiger partial charge in [0.05, 0.1) is 10.0 Å². The van der Waals surface area contributed by atoms with Crippen molar-refractivity contribution in [1.82, 2.24) is 10.2 Å². The van der Waals surface area contributed by atoms with Crippen LogP contribution in [0.3, 0.4) is 0 Å². The normalized spacial score (nSPS) is 11.6. The number of nitrogens with one attached hydrogen (secondary N) is 1. The van der Waals surface area contributed by atoms with Crippen LogP contribution in [0.25, 0.3) is 0 Å².